The molecule has 8 heteroatoms. The minimum atomic E-state index is -0.720. The molecule has 1 saturated heterocycles. The van der Waals surface area contributed by atoms with E-state index in [2.05, 4.69) is 5.32 Å². The van der Waals surface area contributed by atoms with Gasteiger partial charge in [0.25, 0.3) is 5.69 Å². The zero-order valence-corrected chi connectivity index (χ0v) is 13.6. The molecule has 0 aromatic heterocycles. The molecule has 8 nitrogen and oxygen atoms in total. The molecule has 3 atom stereocenters. The third-order valence-electron chi connectivity index (χ3n) is 4.19. The van der Waals surface area contributed by atoms with Gasteiger partial charge in [0.05, 0.1) is 17.1 Å². The number of nitrogens with one attached hydrogen (secondary N) is 1. The van der Waals surface area contributed by atoms with E-state index in [9.17, 15) is 24.8 Å². The van der Waals surface area contributed by atoms with Crippen LogP contribution in [-0.2, 0) is 9.59 Å². The molecule has 0 saturated carbocycles. The first-order chi connectivity index (χ1) is 11.3. The van der Waals surface area contributed by atoms with Crippen LogP contribution in [0, 0.1) is 10.1 Å². The lowest BCUT2D eigenvalue weighted by Gasteiger charge is -2.25. The Morgan fingerprint density at radius 2 is 2.21 bits per heavy atom. The van der Waals surface area contributed by atoms with Gasteiger partial charge in [-0.3, -0.25) is 19.7 Å². The minimum Gasteiger partial charge on any atom is -0.391 e. The summed E-state index contributed by atoms with van der Waals surface area (Å²) in [4.78, 5) is 35.9. The SMILES string of the molecule is CCC(NC(=O)[C@H]1C[C@H](O)CN1C(C)=O)c1cccc([N+](=O)[O-])c1. The van der Waals surface area contributed by atoms with E-state index in [1.54, 1.807) is 12.1 Å². The molecule has 1 aromatic rings. The molecule has 2 rings (SSSR count). The van der Waals surface area contributed by atoms with Gasteiger partial charge in [-0.05, 0) is 12.0 Å². The number of non-ortho nitro benzene ring substituents is 1. The van der Waals surface area contributed by atoms with E-state index in [0.717, 1.165) is 0 Å². The Bertz CT molecular complexity index is 648. The number of carbonyl (C=O) groups is 2. The highest BCUT2D eigenvalue weighted by Gasteiger charge is 2.38. The lowest BCUT2D eigenvalue weighted by Crippen LogP contribution is -2.46. The normalized spacial score (nSPS) is 21.4. The molecule has 0 bridgehead atoms. The van der Waals surface area contributed by atoms with Crippen LogP contribution in [-0.4, -0.2) is 45.4 Å². The lowest BCUT2D eigenvalue weighted by atomic mass is 10.0. The standard InChI is InChI=1S/C16H21N3O5/c1-3-14(11-5-4-6-12(7-11)19(23)24)17-16(22)15-8-13(21)9-18(15)10(2)20/h4-7,13-15,21H,3,8-9H2,1-2H3,(H,17,22)/t13-,14?,15+/m0/s1. The van der Waals surface area contributed by atoms with Gasteiger partial charge in [-0.25, -0.2) is 0 Å². The van der Waals surface area contributed by atoms with E-state index < -0.39 is 23.1 Å². The van der Waals surface area contributed by atoms with Crippen molar-refractivity contribution >= 4 is 17.5 Å². The van der Waals surface area contributed by atoms with E-state index in [1.165, 1.54) is 24.0 Å². The van der Waals surface area contributed by atoms with E-state index in [-0.39, 0.29) is 30.5 Å². The number of likely N-dealkylation sites (tertiary alicyclic amines) is 1. The van der Waals surface area contributed by atoms with Crippen LogP contribution in [0.15, 0.2) is 24.3 Å². The third kappa shape index (κ3) is 3.88. The van der Waals surface area contributed by atoms with Crippen LogP contribution in [0.3, 0.4) is 0 Å². The Balaban J connectivity index is 2.15. The topological polar surface area (TPSA) is 113 Å². The van der Waals surface area contributed by atoms with Gasteiger partial charge in [0, 0.05) is 32.0 Å². The number of rotatable bonds is 5. The van der Waals surface area contributed by atoms with Gasteiger partial charge in [-0.2, -0.15) is 0 Å². The van der Waals surface area contributed by atoms with Crippen molar-refractivity contribution in [1.82, 2.24) is 10.2 Å². The van der Waals surface area contributed by atoms with Crippen molar-refractivity contribution in [2.45, 2.75) is 44.9 Å². The predicted octanol–water partition coefficient (Wildman–Crippen LogP) is 1.14. The highest BCUT2D eigenvalue weighted by molar-refractivity contribution is 5.87. The highest BCUT2D eigenvalue weighted by Crippen LogP contribution is 2.24. The molecule has 24 heavy (non-hydrogen) atoms. The Kier molecular flexibility index (Phi) is 5.50. The number of nitrogens with zero attached hydrogens (tertiary/aromatic N) is 2. The van der Waals surface area contributed by atoms with Crippen molar-refractivity contribution in [3.8, 4) is 0 Å². The fourth-order valence-electron chi connectivity index (χ4n) is 2.95. The zero-order chi connectivity index (χ0) is 17.9. The number of aliphatic hydroxyl groups excluding tert-OH is 1. The van der Waals surface area contributed by atoms with Gasteiger partial charge < -0.3 is 15.3 Å². The molecule has 1 heterocycles. The average Bonchev–Trinajstić information content (AvgIpc) is 2.94. The van der Waals surface area contributed by atoms with Crippen molar-refractivity contribution in [3.63, 3.8) is 0 Å². The summed E-state index contributed by atoms with van der Waals surface area (Å²) in [5.41, 5.74) is 0.592. The molecule has 0 spiro atoms. The Hall–Kier alpha value is -2.48. The second kappa shape index (κ2) is 7.39. The molecule has 1 aromatic carbocycles. The van der Waals surface area contributed by atoms with Crippen molar-refractivity contribution in [1.29, 1.82) is 0 Å². The van der Waals surface area contributed by atoms with Gasteiger partial charge in [0.1, 0.15) is 6.04 Å². The zero-order valence-electron chi connectivity index (χ0n) is 13.6. The number of carbonyl (C=O) groups excluding carboxylic acids is 2. The molecule has 1 fully saturated rings. The van der Waals surface area contributed by atoms with Gasteiger partial charge in [0.15, 0.2) is 0 Å². The molecule has 130 valence electrons. The van der Waals surface area contributed by atoms with Gasteiger partial charge >= 0.3 is 0 Å². The van der Waals surface area contributed by atoms with Crippen molar-refractivity contribution < 1.29 is 19.6 Å². The molecular weight excluding hydrogens is 314 g/mol. The number of nitro benzene ring substituents is 1. The maximum atomic E-state index is 12.5. The summed E-state index contributed by atoms with van der Waals surface area (Å²) in [6.07, 6.45) is 0.0153. The summed E-state index contributed by atoms with van der Waals surface area (Å²) in [6.45, 7) is 3.35. The Morgan fingerprint density at radius 1 is 1.50 bits per heavy atom. The molecular formula is C16H21N3O5. The first-order valence-electron chi connectivity index (χ1n) is 7.83. The summed E-state index contributed by atoms with van der Waals surface area (Å²) in [5, 5.41) is 23.5. The van der Waals surface area contributed by atoms with Gasteiger partial charge in [-0.1, -0.05) is 19.1 Å². The minimum absolute atomic E-state index is 0.0400. The molecule has 1 unspecified atom stereocenters. The number of amides is 2. The van der Waals surface area contributed by atoms with Crippen molar-refractivity contribution in [2.24, 2.45) is 0 Å². The third-order valence-corrected chi connectivity index (χ3v) is 4.19. The Morgan fingerprint density at radius 3 is 2.79 bits per heavy atom. The van der Waals surface area contributed by atoms with Crippen LogP contribution in [0.5, 0.6) is 0 Å². The second-order valence-corrected chi connectivity index (χ2v) is 5.90. The molecule has 2 amide bonds. The maximum Gasteiger partial charge on any atom is 0.269 e. The number of hydrogen-bond acceptors (Lipinski definition) is 5. The van der Waals surface area contributed by atoms with E-state index >= 15 is 0 Å². The van der Waals surface area contributed by atoms with Crippen molar-refractivity contribution in [3.05, 3.63) is 39.9 Å². The van der Waals surface area contributed by atoms with Crippen LogP contribution >= 0.6 is 0 Å². The number of benzene rings is 1. The Labute approximate surface area is 139 Å². The van der Waals surface area contributed by atoms with Crippen LogP contribution < -0.4 is 5.32 Å². The molecule has 1 aliphatic heterocycles. The summed E-state index contributed by atoms with van der Waals surface area (Å²) in [6, 6.07) is 5.00. The maximum absolute atomic E-state index is 12.5. The molecule has 1 aliphatic rings. The van der Waals surface area contributed by atoms with E-state index in [4.69, 9.17) is 0 Å². The van der Waals surface area contributed by atoms with E-state index in [0.29, 0.717) is 12.0 Å². The highest BCUT2D eigenvalue weighted by atomic mass is 16.6. The smallest absolute Gasteiger partial charge is 0.269 e. The quantitative estimate of drug-likeness (QED) is 0.619. The van der Waals surface area contributed by atoms with Crippen molar-refractivity contribution in [2.75, 3.05) is 6.54 Å². The summed E-state index contributed by atoms with van der Waals surface area (Å²) in [5.74, 6) is -0.629. The molecule has 2 N–H and O–H groups in total. The second-order valence-electron chi connectivity index (χ2n) is 5.90. The summed E-state index contributed by atoms with van der Waals surface area (Å²) in [7, 11) is 0. The molecule has 0 radical (unpaired) electrons. The summed E-state index contributed by atoms with van der Waals surface area (Å²) < 4.78 is 0. The number of hydrogen-bond donors (Lipinski definition) is 2. The molecule has 0 aliphatic carbocycles. The fourth-order valence-corrected chi connectivity index (χ4v) is 2.95. The first-order valence-corrected chi connectivity index (χ1v) is 7.83. The summed E-state index contributed by atoms with van der Waals surface area (Å²) >= 11 is 0. The van der Waals surface area contributed by atoms with E-state index in [1.807, 2.05) is 6.92 Å². The average molecular weight is 335 g/mol. The van der Waals surface area contributed by atoms with Gasteiger partial charge in [0.2, 0.25) is 11.8 Å². The van der Waals surface area contributed by atoms with Crippen LogP contribution in [0.2, 0.25) is 0 Å². The van der Waals surface area contributed by atoms with Crippen LogP contribution in [0.4, 0.5) is 5.69 Å². The largest absolute Gasteiger partial charge is 0.391 e. The van der Waals surface area contributed by atoms with Gasteiger partial charge in [-0.15, -0.1) is 0 Å². The van der Waals surface area contributed by atoms with Crippen LogP contribution in [0.25, 0.3) is 0 Å². The lowest BCUT2D eigenvalue weighted by molar-refractivity contribution is -0.384. The monoisotopic (exact) mass is 335 g/mol. The number of aliphatic hydroxyl groups is 1. The number of nitro groups is 1. The fraction of sp³-hybridized carbons (Fsp3) is 0.500. The predicted molar refractivity (Wildman–Crippen MR) is 86.1 cm³/mol. The van der Waals surface area contributed by atoms with Crippen LogP contribution in [0.1, 0.15) is 38.3 Å². The number of β-amino-alcohol motifs (C(OH)–C–C–N with tert-alkyl or cyclic N) is 1. The first kappa shape index (κ1) is 17.9.